The maximum absolute atomic E-state index is 15.0. The molecule has 10 atom stereocenters. The third kappa shape index (κ3) is 24.6. The number of primary amides is 1. The van der Waals surface area contributed by atoms with Crippen LogP contribution in [0, 0.1) is 0 Å². The molecule has 11 amide bonds. The van der Waals surface area contributed by atoms with Crippen LogP contribution < -0.4 is 76.5 Å². The molecule has 107 heavy (non-hydrogen) atoms. The van der Waals surface area contributed by atoms with Crippen LogP contribution >= 0.6 is 0 Å². The summed E-state index contributed by atoms with van der Waals surface area (Å²) in [6.45, 7) is 1.69. The third-order valence-electron chi connectivity index (χ3n) is 17.9. The lowest BCUT2D eigenvalue weighted by Gasteiger charge is -2.30. The van der Waals surface area contributed by atoms with Crippen LogP contribution in [0.2, 0.25) is 0 Å². The van der Waals surface area contributed by atoms with Gasteiger partial charge in [-0.2, -0.15) is 0 Å². The molecule has 1 aliphatic heterocycles. The number of aliphatic hydroxyl groups excluding tert-OH is 1. The first-order valence-corrected chi connectivity index (χ1v) is 35.1. The number of nitrogens with two attached hydrogens (primary N) is 5. The van der Waals surface area contributed by atoms with Crippen LogP contribution in [-0.4, -0.2) is 189 Å². The predicted octanol–water partition coefficient (Wildman–Crippen LogP) is -1.09. The monoisotopic (exact) mass is 1470 g/mol. The Morgan fingerprint density at radius 2 is 0.907 bits per heavy atom. The lowest BCUT2D eigenvalue weighted by atomic mass is 9.98. The third-order valence-corrected chi connectivity index (χ3v) is 17.9. The highest BCUT2D eigenvalue weighted by Crippen LogP contribution is 2.23. The van der Waals surface area contributed by atoms with E-state index in [2.05, 4.69) is 67.8 Å². The summed E-state index contributed by atoms with van der Waals surface area (Å²) in [7, 11) is 0. The van der Waals surface area contributed by atoms with Gasteiger partial charge in [0, 0.05) is 64.9 Å². The van der Waals surface area contributed by atoms with Gasteiger partial charge in [0.25, 0.3) is 0 Å². The van der Waals surface area contributed by atoms with Crippen molar-refractivity contribution in [1.29, 1.82) is 0 Å². The number of phenolic OH excluding ortho intramolecular Hbond substituents is 1. The fraction of sp³-hybridized carbons (Fsp3) is 0.360. The Balaban J connectivity index is 1.04. The minimum Gasteiger partial charge on any atom is -0.508 e. The zero-order chi connectivity index (χ0) is 77.1. The number of aliphatic imine (C=N–C) groups is 2. The number of guanidine groups is 2. The van der Waals surface area contributed by atoms with Gasteiger partial charge in [0.15, 0.2) is 11.9 Å². The van der Waals surface area contributed by atoms with Crippen molar-refractivity contribution < 1.29 is 63.0 Å². The van der Waals surface area contributed by atoms with Crippen molar-refractivity contribution in [1.82, 2.24) is 62.7 Å². The number of aromatic hydroxyl groups is 1. The zero-order valence-electron chi connectivity index (χ0n) is 59.4. The molecule has 1 aliphatic rings. The molecular weight excluding hydrogens is 1370 g/mol. The molecule has 0 saturated carbocycles. The molecule has 566 valence electrons. The number of hydrogen-bond donors (Lipinski definition) is 17. The van der Waals surface area contributed by atoms with Gasteiger partial charge in [-0.1, -0.05) is 127 Å². The Kier molecular flexibility index (Phi) is 29.5. The number of aliphatic hydroxyl groups is 1. The van der Waals surface area contributed by atoms with Gasteiger partial charge < -0.3 is 96.6 Å². The fourth-order valence-corrected chi connectivity index (χ4v) is 12.3. The number of carbonyl (C=O) groups excluding carboxylic acids is 11. The molecule has 1 fully saturated rings. The van der Waals surface area contributed by atoms with Crippen molar-refractivity contribution in [3.63, 3.8) is 0 Å². The average molecular weight is 1470 g/mol. The van der Waals surface area contributed by atoms with E-state index >= 15 is 4.79 Å². The lowest BCUT2D eigenvalue weighted by Crippen LogP contribution is -2.61. The second-order valence-corrected chi connectivity index (χ2v) is 26.2. The second kappa shape index (κ2) is 39.4. The minimum absolute atomic E-state index is 0.0336. The summed E-state index contributed by atoms with van der Waals surface area (Å²) in [6, 6.07) is 26.3. The zero-order valence-corrected chi connectivity index (χ0v) is 59.4. The van der Waals surface area contributed by atoms with Crippen LogP contribution in [0.15, 0.2) is 162 Å². The molecule has 0 bridgehead atoms. The molecule has 0 radical (unpaired) electrons. The number of rotatable bonds is 38. The Hall–Kier alpha value is -12.5. The molecule has 0 aliphatic carbocycles. The molecule has 0 unspecified atom stereocenters. The van der Waals surface area contributed by atoms with Gasteiger partial charge in [0.2, 0.25) is 65.0 Å². The number of benzene rings is 6. The average Bonchev–Trinajstić information content (AvgIpc) is 1.82. The van der Waals surface area contributed by atoms with Crippen LogP contribution in [0.5, 0.6) is 5.75 Å². The van der Waals surface area contributed by atoms with E-state index in [1.807, 2.05) is 78.9 Å². The molecule has 1 saturated heterocycles. The first-order valence-electron chi connectivity index (χ1n) is 35.1. The second-order valence-electron chi connectivity index (χ2n) is 26.2. The van der Waals surface area contributed by atoms with E-state index < -0.39 is 132 Å². The largest absolute Gasteiger partial charge is 0.508 e. The summed E-state index contributed by atoms with van der Waals surface area (Å²) < 4.78 is 0. The number of carbonyl (C=O) groups is 11. The van der Waals surface area contributed by atoms with Gasteiger partial charge in [-0.05, 0) is 101 Å². The Labute approximate surface area is 617 Å². The standard InChI is InChI=1S/C75H93N19O13/c1-43(64(76)98)85-72(106)63-21-12-32-94(63)73(107)56(20-11-31-83-75(79)80)88-68(102)58(35-45-13-4-3-5-14-45)89-65(99)55(19-10-30-82-74(77)78)87-67(101)59(36-46-24-28-54(97)29-25-46)91-71(105)62(41-95)93-70(104)61(39-53-40-81-42-84-53)92-69(103)60(38-48-23-27-50-16-7-9-18-52(50)34-48)90-66(100)57(86-44(2)96)37-47-22-26-49-15-6-8-17-51(49)33-47/h3-9,13-18,22-29,33-34,40,42-43,55-63,95,97H,10-12,19-21,30-32,35-39,41H2,1-2H3,(H2,76,98)(H,81,84)(H,85,106)(H,86,96)(H,87,101)(H,88,102)(H,89,99)(H,90,100)(H,91,105)(H,92,103)(H,93,104)(H4,77,78,82)(H4,79,80,83)/t43-,55-,56+,57-,58+,59+,60-,61-,62+,63+/m1/s1. The number of amides is 11. The SMILES string of the molecule is CC(=O)N[C@H](Cc1ccc2ccccc2c1)C(=O)N[C@H](Cc1ccc2ccccc2c1)C(=O)N[C@H](Cc1c[nH]cn1)C(=O)N[C@@H](CO)C(=O)N[C@@H](Cc1ccc(O)cc1)C(=O)N[C@H](CCCN=C(N)N)C(=O)N[C@@H](Cc1ccccc1)C(=O)N[C@@H](CCCN=C(N)N)C(=O)N1CCC[C@H]1C(=O)N[C@H](C)C(N)=O. The van der Waals surface area contributed by atoms with E-state index in [1.165, 1.54) is 55.5 Å². The first kappa shape index (κ1) is 80.2. The Morgan fingerprint density at radius 1 is 0.495 bits per heavy atom. The van der Waals surface area contributed by atoms with E-state index in [1.54, 1.807) is 36.4 Å². The van der Waals surface area contributed by atoms with Gasteiger partial charge in [0.05, 0.1) is 18.6 Å². The van der Waals surface area contributed by atoms with Crippen LogP contribution in [0.1, 0.15) is 80.3 Å². The smallest absolute Gasteiger partial charge is 0.245 e. The number of aromatic nitrogens is 2. The quantitative estimate of drug-likeness (QED) is 0.0124. The maximum atomic E-state index is 15.0. The lowest BCUT2D eigenvalue weighted by molar-refractivity contribution is -0.142. The Bertz CT molecular complexity index is 4320. The summed E-state index contributed by atoms with van der Waals surface area (Å²) in [5.41, 5.74) is 30.4. The molecule has 22 N–H and O–H groups in total. The number of imidazole rings is 1. The number of likely N-dealkylation sites (tertiary alicyclic amines) is 1. The van der Waals surface area contributed by atoms with Gasteiger partial charge in [-0.25, -0.2) is 4.98 Å². The Morgan fingerprint density at radius 3 is 1.38 bits per heavy atom. The van der Waals surface area contributed by atoms with Crippen molar-refractivity contribution in [3.05, 3.63) is 180 Å². The van der Waals surface area contributed by atoms with E-state index in [4.69, 9.17) is 28.7 Å². The number of aromatic amines is 1. The van der Waals surface area contributed by atoms with Crippen LogP contribution in [0.25, 0.3) is 21.5 Å². The van der Waals surface area contributed by atoms with Gasteiger partial charge in [-0.3, -0.25) is 62.7 Å². The van der Waals surface area contributed by atoms with E-state index in [0.29, 0.717) is 28.7 Å². The van der Waals surface area contributed by atoms with E-state index in [0.717, 1.165) is 21.5 Å². The highest BCUT2D eigenvalue weighted by Gasteiger charge is 2.40. The van der Waals surface area contributed by atoms with Crippen molar-refractivity contribution in [2.75, 3.05) is 26.2 Å². The number of hydrogen-bond acceptors (Lipinski definition) is 16. The molecule has 6 aromatic carbocycles. The van der Waals surface area contributed by atoms with Crippen LogP contribution in [0.3, 0.4) is 0 Å². The summed E-state index contributed by atoms with van der Waals surface area (Å²) in [5.74, 6) is -9.76. The van der Waals surface area contributed by atoms with Crippen molar-refractivity contribution in [2.45, 2.75) is 145 Å². The predicted molar refractivity (Wildman–Crippen MR) is 399 cm³/mol. The van der Waals surface area contributed by atoms with Crippen LogP contribution in [-0.2, 0) is 84.8 Å². The number of phenols is 1. The molecule has 32 heteroatoms. The molecule has 7 aromatic rings. The first-order chi connectivity index (χ1) is 51.3. The normalized spacial score (nSPS) is 15.0. The summed E-state index contributed by atoms with van der Waals surface area (Å²) in [6.07, 6.45) is 2.50. The van der Waals surface area contributed by atoms with Crippen LogP contribution in [0.4, 0.5) is 0 Å². The number of nitrogens with one attached hydrogen (secondary N) is 10. The highest BCUT2D eigenvalue weighted by atomic mass is 16.3. The summed E-state index contributed by atoms with van der Waals surface area (Å²) in [4.78, 5) is 173. The summed E-state index contributed by atoms with van der Waals surface area (Å²) >= 11 is 0. The number of fused-ring (bicyclic) bond motifs is 2. The molecular formula is C75H93N19O13. The fourth-order valence-electron chi connectivity index (χ4n) is 12.3. The molecule has 2 heterocycles. The van der Waals surface area contributed by atoms with Crippen molar-refractivity contribution in [3.8, 4) is 5.75 Å². The minimum atomic E-state index is -1.85. The molecule has 8 rings (SSSR count). The number of nitrogens with zero attached hydrogens (tertiary/aromatic N) is 4. The topological polar surface area (TPSA) is 523 Å². The van der Waals surface area contributed by atoms with Gasteiger partial charge in [-0.15, -0.1) is 0 Å². The summed E-state index contributed by atoms with van der Waals surface area (Å²) in [5, 5.41) is 48.9. The van der Waals surface area contributed by atoms with E-state index in [9.17, 15) is 58.2 Å². The van der Waals surface area contributed by atoms with Gasteiger partial charge >= 0.3 is 0 Å². The van der Waals surface area contributed by atoms with Gasteiger partial charge in [0.1, 0.15) is 66.2 Å². The molecule has 1 aromatic heterocycles. The van der Waals surface area contributed by atoms with Crippen molar-refractivity contribution >= 4 is 98.4 Å². The maximum Gasteiger partial charge on any atom is 0.245 e. The van der Waals surface area contributed by atoms with Crippen molar-refractivity contribution in [2.24, 2.45) is 38.7 Å². The number of H-pyrrole nitrogens is 1. The highest BCUT2D eigenvalue weighted by molar-refractivity contribution is 6.00. The molecule has 32 nitrogen and oxygen atoms in total. The molecule has 0 spiro atoms. The van der Waals surface area contributed by atoms with E-state index in [-0.39, 0.29) is 107 Å².